The zero-order valence-electron chi connectivity index (χ0n) is 13.8. The Bertz CT molecular complexity index is 596. The number of nitrogens with one attached hydrogen (secondary N) is 1. The number of hydrogen-bond acceptors (Lipinski definition) is 5. The molecule has 2 aliphatic heterocycles. The first-order valence-corrected chi connectivity index (χ1v) is 9.03. The Hall–Kier alpha value is -1.53. The fraction of sp³-hybridized carbons (Fsp3) is 0.529. The lowest BCUT2D eigenvalue weighted by atomic mass is 10.1. The van der Waals surface area contributed by atoms with Gasteiger partial charge in [0.1, 0.15) is 0 Å². The molecule has 5 nitrogen and oxygen atoms in total. The number of carbonyl (C=O) groups excluding carboxylic acids is 1. The maximum absolute atomic E-state index is 11.2. The highest BCUT2D eigenvalue weighted by Crippen LogP contribution is 2.24. The fourth-order valence-electron chi connectivity index (χ4n) is 2.94. The summed E-state index contributed by atoms with van der Waals surface area (Å²) in [6.45, 7) is 9.86. The molecule has 1 saturated heterocycles. The van der Waals surface area contributed by atoms with E-state index in [4.69, 9.17) is 0 Å². The molecule has 1 aromatic carbocycles. The van der Waals surface area contributed by atoms with E-state index < -0.39 is 0 Å². The van der Waals surface area contributed by atoms with Crippen molar-refractivity contribution in [3.63, 3.8) is 0 Å². The van der Waals surface area contributed by atoms with Crippen molar-refractivity contribution >= 4 is 28.5 Å². The van der Waals surface area contributed by atoms with E-state index in [0.29, 0.717) is 5.25 Å². The smallest absolute Gasteiger partial charge is 0.221 e. The lowest BCUT2D eigenvalue weighted by Gasteiger charge is -2.35. The SMILES string of the molecule is CC(=O)Nc1cccc(CN2CCN(C3=NC[C@@H](C)S3)CC2)c1. The Morgan fingerprint density at radius 1 is 1.35 bits per heavy atom. The van der Waals surface area contributed by atoms with Crippen LogP contribution in [-0.4, -0.2) is 58.8 Å². The standard InChI is InChI=1S/C17H24N4OS/c1-13-11-18-17(23-13)21-8-6-20(7-9-21)12-15-4-3-5-16(10-15)19-14(2)22/h3-5,10,13H,6-9,11-12H2,1-2H3,(H,19,22)/t13-/m1/s1. The minimum atomic E-state index is -0.0279. The van der Waals surface area contributed by atoms with Crippen molar-refractivity contribution in [2.75, 3.05) is 38.0 Å². The summed E-state index contributed by atoms with van der Waals surface area (Å²) >= 11 is 1.90. The van der Waals surface area contributed by atoms with Crippen molar-refractivity contribution < 1.29 is 4.79 Å². The van der Waals surface area contributed by atoms with Gasteiger partial charge in [0.05, 0.1) is 6.54 Å². The predicted molar refractivity (Wildman–Crippen MR) is 97.0 cm³/mol. The maximum Gasteiger partial charge on any atom is 0.221 e. The van der Waals surface area contributed by atoms with E-state index in [2.05, 4.69) is 39.2 Å². The molecule has 0 bridgehead atoms. The third kappa shape index (κ3) is 4.48. The molecule has 0 aliphatic carbocycles. The molecule has 0 saturated carbocycles. The lowest BCUT2D eigenvalue weighted by Crippen LogP contribution is -2.47. The zero-order valence-corrected chi connectivity index (χ0v) is 14.6. The second-order valence-electron chi connectivity index (χ2n) is 6.20. The lowest BCUT2D eigenvalue weighted by molar-refractivity contribution is -0.114. The van der Waals surface area contributed by atoms with E-state index in [-0.39, 0.29) is 5.91 Å². The number of piperazine rings is 1. The highest BCUT2D eigenvalue weighted by atomic mass is 32.2. The molecule has 3 rings (SSSR count). The summed E-state index contributed by atoms with van der Waals surface area (Å²) in [5.74, 6) is -0.0279. The molecular weight excluding hydrogens is 308 g/mol. The topological polar surface area (TPSA) is 47.9 Å². The quantitative estimate of drug-likeness (QED) is 0.922. The van der Waals surface area contributed by atoms with Crippen LogP contribution in [-0.2, 0) is 11.3 Å². The van der Waals surface area contributed by atoms with Gasteiger partial charge in [0, 0.05) is 50.6 Å². The van der Waals surface area contributed by atoms with E-state index >= 15 is 0 Å². The Morgan fingerprint density at radius 3 is 2.78 bits per heavy atom. The van der Waals surface area contributed by atoms with Gasteiger partial charge in [0.15, 0.2) is 5.17 Å². The van der Waals surface area contributed by atoms with Crippen LogP contribution in [0.3, 0.4) is 0 Å². The number of aliphatic imine (C=N–C) groups is 1. The molecule has 1 fully saturated rings. The number of benzene rings is 1. The summed E-state index contributed by atoms with van der Waals surface area (Å²) in [6.07, 6.45) is 0. The number of thioether (sulfide) groups is 1. The average molecular weight is 332 g/mol. The molecule has 1 aromatic rings. The van der Waals surface area contributed by atoms with Crippen molar-refractivity contribution in [1.29, 1.82) is 0 Å². The third-order valence-electron chi connectivity index (χ3n) is 4.09. The van der Waals surface area contributed by atoms with Gasteiger partial charge in [0.2, 0.25) is 5.91 Å². The molecule has 6 heteroatoms. The Balaban J connectivity index is 1.52. The molecular formula is C17H24N4OS. The Kier molecular flexibility index (Phi) is 5.23. The van der Waals surface area contributed by atoms with Crippen molar-refractivity contribution in [2.45, 2.75) is 25.6 Å². The molecule has 2 heterocycles. The van der Waals surface area contributed by atoms with Crippen molar-refractivity contribution in [1.82, 2.24) is 9.80 Å². The second kappa shape index (κ2) is 7.36. The van der Waals surface area contributed by atoms with Crippen molar-refractivity contribution in [3.05, 3.63) is 29.8 Å². The Morgan fingerprint density at radius 2 is 2.13 bits per heavy atom. The molecule has 1 amide bonds. The molecule has 0 spiro atoms. The van der Waals surface area contributed by atoms with E-state index in [1.54, 1.807) is 0 Å². The van der Waals surface area contributed by atoms with E-state index in [1.807, 2.05) is 23.9 Å². The van der Waals surface area contributed by atoms with Crippen LogP contribution in [0.1, 0.15) is 19.4 Å². The number of carbonyl (C=O) groups is 1. The number of anilines is 1. The summed E-state index contributed by atoms with van der Waals surface area (Å²) in [6, 6.07) is 8.12. The van der Waals surface area contributed by atoms with Gasteiger partial charge in [-0.05, 0) is 17.7 Å². The summed E-state index contributed by atoms with van der Waals surface area (Å²) in [4.78, 5) is 20.7. The molecule has 1 N–H and O–H groups in total. The van der Waals surface area contributed by atoms with Crippen LogP contribution in [0.2, 0.25) is 0 Å². The molecule has 1 atom stereocenters. The van der Waals surface area contributed by atoms with Crippen LogP contribution in [0.25, 0.3) is 0 Å². The zero-order chi connectivity index (χ0) is 16.2. The number of rotatable bonds is 3. The van der Waals surface area contributed by atoms with Crippen LogP contribution in [0.5, 0.6) is 0 Å². The number of amides is 1. The predicted octanol–water partition coefficient (Wildman–Crippen LogP) is 2.25. The number of amidine groups is 1. The fourth-order valence-corrected chi connectivity index (χ4v) is 3.93. The van der Waals surface area contributed by atoms with Gasteiger partial charge in [-0.25, -0.2) is 0 Å². The monoisotopic (exact) mass is 332 g/mol. The van der Waals surface area contributed by atoms with E-state index in [9.17, 15) is 4.79 Å². The highest BCUT2D eigenvalue weighted by Gasteiger charge is 2.24. The molecule has 2 aliphatic rings. The van der Waals surface area contributed by atoms with E-state index in [0.717, 1.165) is 45.0 Å². The van der Waals surface area contributed by atoms with Gasteiger partial charge in [-0.15, -0.1) is 0 Å². The van der Waals surface area contributed by atoms with Crippen molar-refractivity contribution in [2.24, 2.45) is 4.99 Å². The first-order chi connectivity index (χ1) is 11.1. The first-order valence-electron chi connectivity index (χ1n) is 8.15. The van der Waals surface area contributed by atoms with Crippen LogP contribution >= 0.6 is 11.8 Å². The summed E-state index contributed by atoms with van der Waals surface area (Å²) in [7, 11) is 0. The van der Waals surface area contributed by atoms with Crippen LogP contribution in [0.15, 0.2) is 29.3 Å². The van der Waals surface area contributed by atoms with Crippen LogP contribution in [0.4, 0.5) is 5.69 Å². The van der Waals surface area contributed by atoms with Gasteiger partial charge < -0.3 is 10.2 Å². The van der Waals surface area contributed by atoms with Gasteiger partial charge >= 0.3 is 0 Å². The first kappa shape index (κ1) is 16.3. The normalized spacial score (nSPS) is 22.1. The molecule has 0 radical (unpaired) electrons. The molecule has 124 valence electrons. The van der Waals surface area contributed by atoms with Gasteiger partial charge in [-0.1, -0.05) is 30.8 Å². The van der Waals surface area contributed by atoms with Crippen molar-refractivity contribution in [3.8, 4) is 0 Å². The summed E-state index contributed by atoms with van der Waals surface area (Å²) < 4.78 is 0. The van der Waals surface area contributed by atoms with Gasteiger partial charge in [-0.3, -0.25) is 14.7 Å². The Labute approximate surface area is 142 Å². The summed E-state index contributed by atoms with van der Waals surface area (Å²) in [5.41, 5.74) is 2.12. The molecule has 23 heavy (non-hydrogen) atoms. The third-order valence-corrected chi connectivity index (χ3v) is 5.24. The maximum atomic E-state index is 11.2. The molecule has 0 aromatic heterocycles. The van der Waals surface area contributed by atoms with Crippen LogP contribution < -0.4 is 5.32 Å². The number of hydrogen-bond donors (Lipinski definition) is 1. The van der Waals surface area contributed by atoms with Crippen LogP contribution in [0, 0.1) is 0 Å². The second-order valence-corrected chi connectivity index (χ2v) is 7.60. The largest absolute Gasteiger partial charge is 0.349 e. The minimum Gasteiger partial charge on any atom is -0.349 e. The molecule has 0 unspecified atom stereocenters. The average Bonchev–Trinajstić information content (AvgIpc) is 2.94. The summed E-state index contributed by atoms with van der Waals surface area (Å²) in [5, 5.41) is 4.70. The van der Waals surface area contributed by atoms with Gasteiger partial charge in [0.25, 0.3) is 0 Å². The van der Waals surface area contributed by atoms with Gasteiger partial charge in [-0.2, -0.15) is 0 Å². The van der Waals surface area contributed by atoms with E-state index in [1.165, 1.54) is 17.7 Å². The highest BCUT2D eigenvalue weighted by molar-refractivity contribution is 8.14. The minimum absolute atomic E-state index is 0.0279. The number of nitrogens with zero attached hydrogens (tertiary/aromatic N) is 3.